The quantitative estimate of drug-likeness (QED) is 0.590. The van der Waals surface area contributed by atoms with Gasteiger partial charge < -0.3 is 24.4 Å². The molecule has 1 unspecified atom stereocenters. The molecule has 1 aromatic heterocycles. The summed E-state index contributed by atoms with van der Waals surface area (Å²) < 4.78 is 16.6. The summed E-state index contributed by atoms with van der Waals surface area (Å²) in [6.45, 7) is 0.941. The fourth-order valence-corrected chi connectivity index (χ4v) is 3.34. The van der Waals surface area contributed by atoms with Crippen molar-refractivity contribution in [1.82, 2.24) is 14.9 Å². The molecule has 0 aliphatic carbocycles. The molecule has 0 saturated heterocycles. The highest BCUT2D eigenvalue weighted by Crippen LogP contribution is 2.44. The highest BCUT2D eigenvalue weighted by atomic mass is 16.5. The Kier molecular flexibility index (Phi) is 6.72. The number of ether oxygens (including phenoxy) is 3. The van der Waals surface area contributed by atoms with Gasteiger partial charge in [0.1, 0.15) is 17.7 Å². The van der Waals surface area contributed by atoms with E-state index < -0.39 is 0 Å². The molecule has 0 fully saturated rings. The molecule has 0 spiro atoms. The molecule has 0 bridgehead atoms. The van der Waals surface area contributed by atoms with Crippen LogP contribution in [0.3, 0.4) is 0 Å². The zero-order valence-corrected chi connectivity index (χ0v) is 17.6. The van der Waals surface area contributed by atoms with E-state index in [4.69, 9.17) is 14.2 Å². The van der Waals surface area contributed by atoms with E-state index in [1.165, 1.54) is 11.9 Å². The first-order valence-corrected chi connectivity index (χ1v) is 9.49. The molecule has 7 nitrogen and oxygen atoms in total. The van der Waals surface area contributed by atoms with Crippen LogP contribution in [-0.4, -0.2) is 56.8 Å². The molecule has 3 rings (SSSR count). The molecular weight excluding hydrogens is 368 g/mol. The van der Waals surface area contributed by atoms with Gasteiger partial charge in [-0.3, -0.25) is 0 Å². The van der Waals surface area contributed by atoms with Crippen LogP contribution < -0.4 is 19.5 Å². The van der Waals surface area contributed by atoms with Crippen molar-refractivity contribution in [2.75, 3.05) is 47.3 Å². The first-order valence-electron chi connectivity index (χ1n) is 9.49. The summed E-state index contributed by atoms with van der Waals surface area (Å²) in [5.74, 6) is 2.33. The lowest BCUT2D eigenvalue weighted by atomic mass is 10.0. The number of aromatic nitrogens is 2. The van der Waals surface area contributed by atoms with E-state index in [9.17, 15) is 0 Å². The van der Waals surface area contributed by atoms with Gasteiger partial charge in [0.2, 0.25) is 5.75 Å². The van der Waals surface area contributed by atoms with E-state index in [0.717, 1.165) is 24.2 Å². The Bertz CT molecular complexity index is 948. The lowest BCUT2D eigenvalue weighted by molar-refractivity contribution is 0.327. The normalized spacial score (nSPS) is 12.1. The maximum Gasteiger partial charge on any atom is 0.205 e. The molecule has 1 atom stereocenters. The second kappa shape index (κ2) is 9.43. The molecule has 7 heteroatoms. The third kappa shape index (κ3) is 4.51. The summed E-state index contributed by atoms with van der Waals surface area (Å²) >= 11 is 0. The average Bonchev–Trinajstić information content (AvgIpc) is 2.75. The molecule has 29 heavy (non-hydrogen) atoms. The van der Waals surface area contributed by atoms with Crippen molar-refractivity contribution in [2.45, 2.75) is 12.5 Å². The van der Waals surface area contributed by atoms with Gasteiger partial charge in [-0.15, -0.1) is 0 Å². The van der Waals surface area contributed by atoms with Crippen molar-refractivity contribution in [3.8, 4) is 17.2 Å². The molecule has 1 heterocycles. The molecule has 0 radical (unpaired) electrons. The van der Waals surface area contributed by atoms with Crippen LogP contribution in [0, 0.1) is 0 Å². The number of hydrogen-bond acceptors (Lipinski definition) is 7. The number of rotatable bonds is 9. The van der Waals surface area contributed by atoms with Gasteiger partial charge in [-0.05, 0) is 38.7 Å². The van der Waals surface area contributed by atoms with Crippen molar-refractivity contribution in [1.29, 1.82) is 0 Å². The van der Waals surface area contributed by atoms with Crippen LogP contribution in [0.25, 0.3) is 10.9 Å². The summed E-state index contributed by atoms with van der Waals surface area (Å²) in [6, 6.07) is 12.4. The van der Waals surface area contributed by atoms with Gasteiger partial charge in [-0.25, -0.2) is 9.97 Å². The van der Waals surface area contributed by atoms with Gasteiger partial charge in [-0.1, -0.05) is 30.3 Å². The Hall–Kier alpha value is -3.06. The smallest absolute Gasteiger partial charge is 0.205 e. The summed E-state index contributed by atoms with van der Waals surface area (Å²) in [6.07, 6.45) is 2.46. The van der Waals surface area contributed by atoms with Gasteiger partial charge in [0, 0.05) is 0 Å². The maximum atomic E-state index is 5.59. The zero-order chi connectivity index (χ0) is 20.8. The van der Waals surface area contributed by atoms with Crippen LogP contribution in [0.5, 0.6) is 17.2 Å². The SMILES string of the molecule is COc1cc2c(NC(CCN(C)C)c3ccccc3)ncnc2c(OC)c1OC. The van der Waals surface area contributed by atoms with Gasteiger partial charge in [-0.2, -0.15) is 0 Å². The van der Waals surface area contributed by atoms with E-state index in [1.54, 1.807) is 21.3 Å². The lowest BCUT2D eigenvalue weighted by Crippen LogP contribution is -2.20. The van der Waals surface area contributed by atoms with Crippen molar-refractivity contribution in [3.05, 3.63) is 48.3 Å². The van der Waals surface area contributed by atoms with Gasteiger partial charge in [0.05, 0.1) is 32.8 Å². The van der Waals surface area contributed by atoms with Crippen LogP contribution in [0.4, 0.5) is 5.82 Å². The van der Waals surface area contributed by atoms with Gasteiger partial charge in [0.25, 0.3) is 0 Å². The highest BCUT2D eigenvalue weighted by Gasteiger charge is 2.21. The molecule has 0 amide bonds. The first-order chi connectivity index (χ1) is 14.1. The highest BCUT2D eigenvalue weighted by molar-refractivity contribution is 5.96. The van der Waals surface area contributed by atoms with Gasteiger partial charge in [0.15, 0.2) is 11.5 Å². The molecular formula is C22H28N4O3. The first kappa shape index (κ1) is 20.7. The Morgan fingerprint density at radius 1 is 0.966 bits per heavy atom. The van der Waals surface area contributed by atoms with Crippen molar-refractivity contribution in [2.24, 2.45) is 0 Å². The van der Waals surface area contributed by atoms with Crippen molar-refractivity contribution < 1.29 is 14.2 Å². The number of methoxy groups -OCH3 is 3. The number of hydrogen-bond donors (Lipinski definition) is 1. The van der Waals surface area contributed by atoms with E-state index in [-0.39, 0.29) is 6.04 Å². The second-order valence-corrected chi connectivity index (χ2v) is 6.96. The summed E-state index contributed by atoms with van der Waals surface area (Å²) in [7, 11) is 8.92. The van der Waals surface area contributed by atoms with Crippen LogP contribution in [0.15, 0.2) is 42.7 Å². The van der Waals surface area contributed by atoms with Crippen LogP contribution in [-0.2, 0) is 0 Å². The largest absolute Gasteiger partial charge is 0.493 e. The third-order valence-electron chi connectivity index (χ3n) is 4.81. The van der Waals surface area contributed by atoms with E-state index in [2.05, 4.69) is 58.5 Å². The minimum absolute atomic E-state index is 0.0933. The topological polar surface area (TPSA) is 68.7 Å². The number of nitrogens with one attached hydrogen (secondary N) is 1. The minimum Gasteiger partial charge on any atom is -0.493 e. The van der Waals surface area contributed by atoms with E-state index in [1.807, 2.05) is 12.1 Å². The number of nitrogens with zero attached hydrogens (tertiary/aromatic N) is 3. The third-order valence-corrected chi connectivity index (χ3v) is 4.81. The van der Waals surface area contributed by atoms with Crippen LogP contribution >= 0.6 is 0 Å². The van der Waals surface area contributed by atoms with Gasteiger partial charge >= 0.3 is 0 Å². The fraction of sp³-hybridized carbons (Fsp3) is 0.364. The van der Waals surface area contributed by atoms with Crippen molar-refractivity contribution in [3.63, 3.8) is 0 Å². The molecule has 154 valence electrons. The Balaban J connectivity index is 2.07. The fourth-order valence-electron chi connectivity index (χ4n) is 3.34. The number of fused-ring (bicyclic) bond motifs is 1. The Morgan fingerprint density at radius 3 is 2.31 bits per heavy atom. The molecule has 1 N–H and O–H groups in total. The molecule has 0 saturated carbocycles. The maximum absolute atomic E-state index is 5.59. The van der Waals surface area contributed by atoms with E-state index in [0.29, 0.717) is 22.8 Å². The second-order valence-electron chi connectivity index (χ2n) is 6.96. The molecule has 2 aromatic carbocycles. The monoisotopic (exact) mass is 396 g/mol. The molecule has 3 aromatic rings. The molecule has 0 aliphatic heterocycles. The predicted octanol–water partition coefficient (Wildman–Crippen LogP) is 3.76. The average molecular weight is 396 g/mol. The minimum atomic E-state index is 0.0933. The van der Waals surface area contributed by atoms with Crippen LogP contribution in [0.2, 0.25) is 0 Å². The van der Waals surface area contributed by atoms with Crippen molar-refractivity contribution >= 4 is 16.7 Å². The summed E-state index contributed by atoms with van der Waals surface area (Å²) in [5.41, 5.74) is 1.87. The van der Waals surface area contributed by atoms with E-state index >= 15 is 0 Å². The summed E-state index contributed by atoms with van der Waals surface area (Å²) in [4.78, 5) is 11.1. The number of anilines is 1. The molecule has 0 aliphatic rings. The van der Waals surface area contributed by atoms with Crippen LogP contribution in [0.1, 0.15) is 18.0 Å². The standard InChI is InChI=1S/C22H28N4O3/c1-26(2)12-11-17(15-9-7-6-8-10-15)25-22-16-13-18(27-3)20(28-4)21(29-5)19(16)23-14-24-22/h6-10,13-14,17H,11-12H2,1-5H3,(H,23,24,25). The Morgan fingerprint density at radius 2 is 1.69 bits per heavy atom. The predicted molar refractivity (Wildman–Crippen MR) is 115 cm³/mol. The number of benzene rings is 2. The lowest BCUT2D eigenvalue weighted by Gasteiger charge is -2.23. The summed E-state index contributed by atoms with van der Waals surface area (Å²) in [5, 5.41) is 4.42. The Labute approximate surface area is 171 Å². The zero-order valence-electron chi connectivity index (χ0n) is 17.6.